The van der Waals surface area contributed by atoms with Gasteiger partial charge < -0.3 is 19.1 Å². The van der Waals surface area contributed by atoms with Crippen molar-refractivity contribution >= 4 is 28.4 Å². The second-order valence-electron chi connectivity index (χ2n) is 12.1. The summed E-state index contributed by atoms with van der Waals surface area (Å²) in [5, 5.41) is 5.64. The molecule has 2 saturated heterocycles. The molecule has 2 aliphatic rings. The van der Waals surface area contributed by atoms with Crippen molar-refractivity contribution in [3.63, 3.8) is 0 Å². The average Bonchev–Trinajstić information content (AvgIpc) is 3.35. The number of hydrogen-bond acceptors (Lipinski definition) is 9. The van der Waals surface area contributed by atoms with Crippen molar-refractivity contribution in [2.24, 2.45) is 0 Å². The summed E-state index contributed by atoms with van der Waals surface area (Å²) in [6.45, 7) is 3.45. The number of carbonyl (C=O) groups excluding carboxylic acids is 1. The quantitative estimate of drug-likeness (QED) is 0.202. The standard InChI is InChI=1S/C35H38N7O4/c1-42(2,26-10-4-3-5-11-26)33(43)25-15-17-27(18-16-25)46-35-38-32(37-34(39-35)40-19-9-21-44-23-20-40)28-12-8-13-30-29(28)24-36-41(30)31-14-6-7-22-45-31/h3-5,8,10-13,15-18,24,31H,6-7,9,14,19-23H2,1-2H3/q+1. The molecule has 0 spiro atoms. The first-order valence-corrected chi connectivity index (χ1v) is 15.9. The number of quaternary nitrogens is 1. The van der Waals surface area contributed by atoms with Crippen molar-refractivity contribution in [3.05, 3.63) is 84.6 Å². The maximum Gasteiger partial charge on any atom is 0.350 e. The minimum absolute atomic E-state index is 0.0295. The van der Waals surface area contributed by atoms with Crippen LogP contribution in [0.2, 0.25) is 0 Å². The number of nitrogens with zero attached hydrogens (tertiary/aromatic N) is 7. The number of hydrogen-bond donors (Lipinski definition) is 0. The van der Waals surface area contributed by atoms with E-state index in [-0.39, 0.29) is 22.6 Å². The van der Waals surface area contributed by atoms with Gasteiger partial charge in [0, 0.05) is 37.3 Å². The third-order valence-electron chi connectivity index (χ3n) is 8.64. The van der Waals surface area contributed by atoms with Crippen LogP contribution in [-0.2, 0) is 9.47 Å². The van der Waals surface area contributed by atoms with Crippen molar-refractivity contribution < 1.29 is 19.0 Å². The molecule has 0 aliphatic carbocycles. The van der Waals surface area contributed by atoms with Gasteiger partial charge in [-0.15, -0.1) is 0 Å². The first-order chi connectivity index (χ1) is 22.5. The number of aromatic nitrogens is 5. The molecule has 11 heteroatoms. The fraction of sp³-hybridized carbons (Fsp3) is 0.343. The molecule has 4 heterocycles. The molecule has 236 valence electrons. The molecule has 1 amide bonds. The molecule has 0 radical (unpaired) electrons. The number of anilines is 1. The van der Waals surface area contributed by atoms with E-state index in [1.165, 1.54) is 0 Å². The first kappa shape index (κ1) is 30.0. The number of benzene rings is 3. The van der Waals surface area contributed by atoms with Crippen LogP contribution < -0.4 is 14.1 Å². The van der Waals surface area contributed by atoms with Crippen molar-refractivity contribution in [2.75, 3.05) is 51.9 Å². The number of carbonyl (C=O) groups is 1. The zero-order valence-electron chi connectivity index (χ0n) is 26.2. The minimum atomic E-state index is -0.0849. The Kier molecular flexibility index (Phi) is 8.44. The highest BCUT2D eigenvalue weighted by Crippen LogP contribution is 2.33. The lowest BCUT2D eigenvalue weighted by molar-refractivity contribution is -0.0366. The monoisotopic (exact) mass is 620 g/mol. The highest BCUT2D eigenvalue weighted by Gasteiger charge is 2.30. The molecule has 46 heavy (non-hydrogen) atoms. The number of amides is 1. The summed E-state index contributed by atoms with van der Waals surface area (Å²) in [6.07, 6.45) is 5.76. The van der Waals surface area contributed by atoms with E-state index < -0.39 is 0 Å². The first-order valence-electron chi connectivity index (χ1n) is 15.9. The van der Waals surface area contributed by atoms with Gasteiger partial charge in [0.1, 0.15) is 11.4 Å². The lowest BCUT2D eigenvalue weighted by Gasteiger charge is -2.26. The van der Waals surface area contributed by atoms with Crippen molar-refractivity contribution in [1.29, 1.82) is 0 Å². The molecule has 3 aromatic carbocycles. The third kappa shape index (κ3) is 6.09. The molecule has 7 rings (SSSR count). The summed E-state index contributed by atoms with van der Waals surface area (Å²) in [5.74, 6) is 1.51. The Bertz CT molecular complexity index is 1810. The van der Waals surface area contributed by atoms with E-state index >= 15 is 0 Å². The molecule has 2 aliphatic heterocycles. The Labute approximate surface area is 268 Å². The SMILES string of the molecule is C[N+](C)(C(=O)c1ccc(Oc2nc(-c3cccc4c3cnn4C3CCCCO3)nc(N3CCCOCC3)n2)cc1)c1ccccc1. The van der Waals surface area contributed by atoms with Crippen molar-refractivity contribution in [2.45, 2.75) is 31.9 Å². The maximum absolute atomic E-state index is 13.5. The van der Waals surface area contributed by atoms with Crippen molar-refractivity contribution in [1.82, 2.24) is 29.2 Å². The largest absolute Gasteiger partial charge is 0.424 e. The summed E-state index contributed by atoms with van der Waals surface area (Å²) in [7, 11) is 3.77. The summed E-state index contributed by atoms with van der Waals surface area (Å²) in [6, 6.07) is 23.0. The average molecular weight is 621 g/mol. The Balaban J connectivity index is 1.21. The van der Waals surface area contributed by atoms with Crippen LogP contribution >= 0.6 is 0 Å². The second-order valence-corrected chi connectivity index (χ2v) is 12.1. The predicted molar refractivity (Wildman–Crippen MR) is 176 cm³/mol. The summed E-state index contributed by atoms with van der Waals surface area (Å²) < 4.78 is 20.0. The minimum Gasteiger partial charge on any atom is -0.424 e. The van der Waals surface area contributed by atoms with Crippen LogP contribution in [0.3, 0.4) is 0 Å². The van der Waals surface area contributed by atoms with E-state index in [4.69, 9.17) is 34.3 Å². The van der Waals surface area contributed by atoms with Crippen LogP contribution in [0, 0.1) is 0 Å². The molecular weight excluding hydrogens is 582 g/mol. The lowest BCUT2D eigenvalue weighted by atomic mass is 10.1. The van der Waals surface area contributed by atoms with Gasteiger partial charge in [-0.25, -0.2) is 14.0 Å². The fourth-order valence-corrected chi connectivity index (χ4v) is 6.02. The van der Waals surface area contributed by atoms with E-state index in [9.17, 15) is 4.79 Å². The van der Waals surface area contributed by atoms with Crippen molar-refractivity contribution in [3.8, 4) is 23.1 Å². The van der Waals surface area contributed by atoms with Gasteiger partial charge in [0.2, 0.25) is 5.95 Å². The Morgan fingerprint density at radius 3 is 2.52 bits per heavy atom. The lowest BCUT2D eigenvalue weighted by Crippen LogP contribution is -2.46. The molecule has 1 atom stereocenters. The van der Waals surface area contributed by atoms with Gasteiger partial charge >= 0.3 is 11.9 Å². The van der Waals surface area contributed by atoms with E-state index in [0.29, 0.717) is 42.8 Å². The smallest absolute Gasteiger partial charge is 0.350 e. The van der Waals surface area contributed by atoms with Gasteiger partial charge in [-0.3, -0.25) is 0 Å². The molecular formula is C35H38N7O4+. The highest BCUT2D eigenvalue weighted by atomic mass is 16.5. The zero-order valence-corrected chi connectivity index (χ0v) is 26.2. The number of para-hydroxylation sites is 1. The number of ether oxygens (including phenoxy) is 3. The predicted octanol–water partition coefficient (Wildman–Crippen LogP) is 6.01. The third-order valence-corrected chi connectivity index (χ3v) is 8.64. The Morgan fingerprint density at radius 2 is 1.72 bits per heavy atom. The number of fused-ring (bicyclic) bond motifs is 1. The van der Waals surface area contributed by atoms with Gasteiger partial charge in [-0.2, -0.15) is 20.1 Å². The molecule has 2 fully saturated rings. The summed E-state index contributed by atoms with van der Waals surface area (Å²) >= 11 is 0. The van der Waals surface area contributed by atoms with E-state index in [1.807, 2.05) is 67.4 Å². The second kappa shape index (κ2) is 13.0. The summed E-state index contributed by atoms with van der Waals surface area (Å²) in [4.78, 5) is 30.0. The van der Waals surface area contributed by atoms with Gasteiger partial charge in [0.05, 0.1) is 38.0 Å². The van der Waals surface area contributed by atoms with Crippen LogP contribution in [-0.4, -0.2) is 77.6 Å². The number of rotatable bonds is 7. The fourth-order valence-electron chi connectivity index (χ4n) is 6.02. The molecule has 0 N–H and O–H groups in total. The van der Waals surface area contributed by atoms with Crippen LogP contribution in [0.5, 0.6) is 11.8 Å². The van der Waals surface area contributed by atoms with E-state index in [2.05, 4.69) is 11.0 Å². The topological polar surface area (TPSA) is 104 Å². The molecule has 1 unspecified atom stereocenters. The molecule has 5 aromatic rings. The Morgan fingerprint density at radius 1 is 0.870 bits per heavy atom. The normalized spacial score (nSPS) is 17.5. The molecule has 2 aromatic heterocycles. The molecule has 0 bridgehead atoms. The van der Waals surface area contributed by atoms with Gasteiger partial charge in [0.25, 0.3) is 0 Å². The molecule has 0 saturated carbocycles. The van der Waals surface area contributed by atoms with Crippen LogP contribution in [0.4, 0.5) is 11.6 Å². The maximum atomic E-state index is 13.5. The van der Waals surface area contributed by atoms with Crippen LogP contribution in [0.1, 0.15) is 42.3 Å². The van der Waals surface area contributed by atoms with Gasteiger partial charge in [-0.05, 0) is 68.1 Å². The van der Waals surface area contributed by atoms with E-state index in [0.717, 1.165) is 61.0 Å². The van der Waals surface area contributed by atoms with Crippen LogP contribution in [0.15, 0.2) is 79.0 Å². The summed E-state index contributed by atoms with van der Waals surface area (Å²) in [5.41, 5.74) is 3.28. The van der Waals surface area contributed by atoms with E-state index in [1.54, 1.807) is 24.3 Å². The van der Waals surface area contributed by atoms with Gasteiger partial charge in [0.15, 0.2) is 12.1 Å². The highest BCUT2D eigenvalue weighted by molar-refractivity contribution is 6.01. The van der Waals surface area contributed by atoms with Gasteiger partial charge in [-0.1, -0.05) is 30.3 Å². The Hall–Kier alpha value is -4.71. The zero-order chi connectivity index (χ0) is 31.5. The van der Waals surface area contributed by atoms with Crippen LogP contribution in [0.25, 0.3) is 22.3 Å². The molecule has 11 nitrogen and oxygen atoms in total.